The van der Waals surface area contributed by atoms with E-state index in [9.17, 15) is 0 Å². The summed E-state index contributed by atoms with van der Waals surface area (Å²) in [4.78, 5) is 9.05. The van der Waals surface area contributed by atoms with Gasteiger partial charge in [-0.2, -0.15) is 0 Å². The van der Waals surface area contributed by atoms with Crippen molar-refractivity contribution in [2.45, 2.75) is 0 Å². The van der Waals surface area contributed by atoms with Crippen LogP contribution in [0.1, 0.15) is 0 Å². The van der Waals surface area contributed by atoms with Crippen molar-refractivity contribution in [1.82, 2.24) is 9.97 Å². The summed E-state index contributed by atoms with van der Waals surface area (Å²) < 4.78 is 0. The molecule has 3 heteroatoms. The van der Waals surface area contributed by atoms with E-state index in [2.05, 4.69) is 46.4 Å². The molecular formula is C22H17N3. The maximum Gasteiger partial charge on any atom is 0.162 e. The first-order chi connectivity index (χ1) is 12.3. The van der Waals surface area contributed by atoms with Gasteiger partial charge in [-0.3, -0.25) is 0 Å². The van der Waals surface area contributed by atoms with E-state index in [-0.39, 0.29) is 0 Å². The zero-order valence-electron chi connectivity index (χ0n) is 13.6. The van der Waals surface area contributed by atoms with Gasteiger partial charge in [0.05, 0.1) is 5.69 Å². The van der Waals surface area contributed by atoms with Crippen molar-refractivity contribution in [3.8, 4) is 33.8 Å². The van der Waals surface area contributed by atoms with Gasteiger partial charge < -0.3 is 5.73 Å². The van der Waals surface area contributed by atoms with Crippen molar-refractivity contribution >= 4 is 5.82 Å². The smallest absolute Gasteiger partial charge is 0.162 e. The van der Waals surface area contributed by atoms with E-state index in [1.54, 1.807) is 0 Å². The van der Waals surface area contributed by atoms with E-state index in [0.29, 0.717) is 11.6 Å². The summed E-state index contributed by atoms with van der Waals surface area (Å²) in [5.41, 5.74) is 11.2. The zero-order chi connectivity index (χ0) is 17.1. The molecule has 1 aromatic heterocycles. The molecular weight excluding hydrogens is 306 g/mol. The Morgan fingerprint density at radius 2 is 1.04 bits per heavy atom. The molecule has 0 spiro atoms. The van der Waals surface area contributed by atoms with E-state index in [0.717, 1.165) is 16.8 Å². The normalized spacial score (nSPS) is 10.6. The number of hydrogen-bond acceptors (Lipinski definition) is 3. The average Bonchev–Trinajstić information content (AvgIpc) is 2.69. The molecule has 3 aromatic carbocycles. The van der Waals surface area contributed by atoms with Crippen molar-refractivity contribution in [3.63, 3.8) is 0 Å². The molecule has 0 bridgehead atoms. The Bertz CT molecular complexity index is 979. The molecule has 0 aliphatic heterocycles. The van der Waals surface area contributed by atoms with Crippen LogP contribution in [-0.2, 0) is 0 Å². The van der Waals surface area contributed by atoms with Crippen molar-refractivity contribution in [2.24, 2.45) is 0 Å². The summed E-state index contributed by atoms with van der Waals surface area (Å²) in [6, 6.07) is 30.3. The SMILES string of the molecule is Nc1cc(-c2ccc(-c3ccccc3)cc2)nc(-c2ccccc2)n1. The summed E-state index contributed by atoms with van der Waals surface area (Å²) in [7, 11) is 0. The van der Waals surface area contributed by atoms with Gasteiger partial charge in [0.2, 0.25) is 0 Å². The van der Waals surface area contributed by atoms with E-state index in [1.807, 2.05) is 54.6 Å². The quantitative estimate of drug-likeness (QED) is 0.573. The largest absolute Gasteiger partial charge is 0.384 e. The van der Waals surface area contributed by atoms with Crippen molar-refractivity contribution in [1.29, 1.82) is 0 Å². The molecule has 0 unspecified atom stereocenters. The van der Waals surface area contributed by atoms with Crippen LogP contribution in [0.2, 0.25) is 0 Å². The third-order valence-corrected chi connectivity index (χ3v) is 4.07. The van der Waals surface area contributed by atoms with Gasteiger partial charge in [0.25, 0.3) is 0 Å². The first-order valence-electron chi connectivity index (χ1n) is 8.15. The third kappa shape index (κ3) is 3.26. The van der Waals surface area contributed by atoms with E-state index < -0.39 is 0 Å². The maximum atomic E-state index is 6.00. The van der Waals surface area contributed by atoms with Crippen LogP contribution in [0.15, 0.2) is 91.0 Å². The van der Waals surface area contributed by atoms with Crippen molar-refractivity contribution < 1.29 is 0 Å². The molecule has 0 atom stereocenters. The lowest BCUT2D eigenvalue weighted by atomic mass is 10.0. The van der Waals surface area contributed by atoms with Crippen LogP contribution in [0, 0.1) is 0 Å². The molecule has 0 saturated heterocycles. The average molecular weight is 323 g/mol. The molecule has 0 radical (unpaired) electrons. The Hall–Kier alpha value is -3.46. The van der Waals surface area contributed by atoms with Gasteiger partial charge in [0, 0.05) is 17.2 Å². The van der Waals surface area contributed by atoms with Crippen LogP contribution in [0.5, 0.6) is 0 Å². The predicted molar refractivity (Wildman–Crippen MR) is 103 cm³/mol. The molecule has 2 N–H and O–H groups in total. The number of rotatable bonds is 3. The molecule has 0 saturated carbocycles. The van der Waals surface area contributed by atoms with Gasteiger partial charge in [-0.25, -0.2) is 9.97 Å². The van der Waals surface area contributed by atoms with Crippen LogP contribution in [0.3, 0.4) is 0 Å². The van der Waals surface area contributed by atoms with E-state index in [4.69, 9.17) is 5.73 Å². The highest BCUT2D eigenvalue weighted by atomic mass is 14.9. The number of nitrogen functional groups attached to an aromatic ring is 1. The molecule has 0 amide bonds. The molecule has 0 aliphatic rings. The lowest BCUT2D eigenvalue weighted by Gasteiger charge is -2.07. The van der Waals surface area contributed by atoms with Crippen LogP contribution >= 0.6 is 0 Å². The van der Waals surface area contributed by atoms with Crippen LogP contribution in [0.4, 0.5) is 5.82 Å². The summed E-state index contributed by atoms with van der Waals surface area (Å²) >= 11 is 0. The highest BCUT2D eigenvalue weighted by Gasteiger charge is 2.07. The fourth-order valence-electron chi connectivity index (χ4n) is 2.79. The second-order valence-electron chi connectivity index (χ2n) is 5.81. The third-order valence-electron chi connectivity index (χ3n) is 4.07. The Kier molecular flexibility index (Phi) is 3.97. The Morgan fingerprint density at radius 1 is 0.520 bits per heavy atom. The second-order valence-corrected chi connectivity index (χ2v) is 5.81. The number of aromatic nitrogens is 2. The molecule has 120 valence electrons. The molecule has 4 aromatic rings. The Morgan fingerprint density at radius 3 is 1.68 bits per heavy atom. The monoisotopic (exact) mass is 323 g/mol. The summed E-state index contributed by atoms with van der Waals surface area (Å²) in [6.45, 7) is 0. The molecule has 1 heterocycles. The van der Waals surface area contributed by atoms with Gasteiger partial charge in [-0.15, -0.1) is 0 Å². The fourth-order valence-corrected chi connectivity index (χ4v) is 2.79. The van der Waals surface area contributed by atoms with E-state index >= 15 is 0 Å². The van der Waals surface area contributed by atoms with Gasteiger partial charge >= 0.3 is 0 Å². The Labute approximate surface area is 146 Å². The maximum absolute atomic E-state index is 6.00. The molecule has 4 rings (SSSR count). The van der Waals surface area contributed by atoms with Gasteiger partial charge in [-0.05, 0) is 11.1 Å². The summed E-state index contributed by atoms with van der Waals surface area (Å²) in [5, 5.41) is 0. The predicted octanol–water partition coefficient (Wildman–Crippen LogP) is 5.06. The number of nitrogens with zero attached hydrogens (tertiary/aromatic N) is 2. The number of hydrogen-bond donors (Lipinski definition) is 1. The second kappa shape index (κ2) is 6.57. The van der Waals surface area contributed by atoms with Gasteiger partial charge in [0.1, 0.15) is 5.82 Å². The number of benzene rings is 3. The standard InChI is InChI=1S/C22H17N3/c23-21-15-20(24-22(25-21)19-9-5-2-6-10-19)18-13-11-17(12-14-18)16-7-3-1-4-8-16/h1-15H,(H2,23,24,25). The summed E-state index contributed by atoms with van der Waals surface area (Å²) in [5.74, 6) is 1.11. The molecule has 0 aliphatic carbocycles. The molecule has 25 heavy (non-hydrogen) atoms. The number of nitrogens with two attached hydrogens (primary N) is 1. The van der Waals surface area contributed by atoms with Gasteiger partial charge in [-0.1, -0.05) is 84.9 Å². The minimum absolute atomic E-state index is 0.469. The minimum Gasteiger partial charge on any atom is -0.384 e. The lowest BCUT2D eigenvalue weighted by molar-refractivity contribution is 1.19. The van der Waals surface area contributed by atoms with Crippen LogP contribution in [0.25, 0.3) is 33.8 Å². The summed E-state index contributed by atoms with van der Waals surface area (Å²) in [6.07, 6.45) is 0. The zero-order valence-corrected chi connectivity index (χ0v) is 13.6. The highest BCUT2D eigenvalue weighted by Crippen LogP contribution is 2.26. The van der Waals surface area contributed by atoms with Crippen molar-refractivity contribution in [3.05, 3.63) is 91.0 Å². The lowest BCUT2D eigenvalue weighted by Crippen LogP contribution is -1.97. The van der Waals surface area contributed by atoms with Crippen LogP contribution < -0.4 is 5.73 Å². The van der Waals surface area contributed by atoms with Crippen LogP contribution in [-0.4, -0.2) is 9.97 Å². The number of anilines is 1. The molecule has 3 nitrogen and oxygen atoms in total. The van der Waals surface area contributed by atoms with E-state index in [1.165, 1.54) is 11.1 Å². The topological polar surface area (TPSA) is 51.8 Å². The highest BCUT2D eigenvalue weighted by molar-refractivity contribution is 5.71. The molecule has 0 fully saturated rings. The fraction of sp³-hybridized carbons (Fsp3) is 0. The first kappa shape index (κ1) is 15.1. The van der Waals surface area contributed by atoms with Crippen molar-refractivity contribution in [2.75, 3.05) is 5.73 Å². The minimum atomic E-state index is 0.469. The Balaban J connectivity index is 1.71. The van der Waals surface area contributed by atoms with Gasteiger partial charge in [0.15, 0.2) is 5.82 Å². The first-order valence-corrected chi connectivity index (χ1v) is 8.15.